The fraction of sp³-hybridized carbons (Fsp3) is 0.312. The molecule has 0 aliphatic rings. The minimum atomic E-state index is -0.502. The van der Waals surface area contributed by atoms with E-state index in [2.05, 4.69) is 24.0 Å². The highest BCUT2D eigenvalue weighted by molar-refractivity contribution is 5.32. The van der Waals surface area contributed by atoms with E-state index >= 15 is 0 Å². The first-order valence-electron chi connectivity index (χ1n) is 6.63. The van der Waals surface area contributed by atoms with Crippen LogP contribution in [0.5, 0.6) is 11.5 Å². The maximum atomic E-state index is 9.66. The number of benzene rings is 1. The largest absolute Gasteiger partial charge is 0.456 e. The Bertz CT molecular complexity index is 505. The lowest BCUT2D eigenvalue weighted by atomic mass is 10.2. The van der Waals surface area contributed by atoms with Crippen LogP contribution in [0.15, 0.2) is 42.6 Å². The predicted octanol–water partition coefficient (Wildman–Crippen LogP) is 3.88. The zero-order valence-corrected chi connectivity index (χ0v) is 11.3. The Hall–Kier alpha value is -1.87. The molecule has 1 atom stereocenters. The number of aliphatic hydroxyl groups excluding tert-OH is 1. The molecule has 2 aromatic rings. The first-order chi connectivity index (χ1) is 9.22. The van der Waals surface area contributed by atoms with E-state index < -0.39 is 6.10 Å². The summed E-state index contributed by atoms with van der Waals surface area (Å²) in [7, 11) is 0. The Morgan fingerprint density at radius 1 is 1.05 bits per heavy atom. The van der Waals surface area contributed by atoms with Crippen molar-refractivity contribution in [1.82, 2.24) is 4.98 Å². The molecule has 1 aromatic heterocycles. The highest BCUT2D eigenvalue weighted by atomic mass is 16.5. The fourth-order valence-corrected chi connectivity index (χ4v) is 1.79. The van der Waals surface area contributed by atoms with Crippen molar-refractivity contribution in [2.45, 2.75) is 32.8 Å². The first-order valence-corrected chi connectivity index (χ1v) is 6.63. The van der Waals surface area contributed by atoms with Crippen LogP contribution in [0, 0.1) is 0 Å². The van der Waals surface area contributed by atoms with E-state index in [0.29, 0.717) is 17.9 Å². The van der Waals surface area contributed by atoms with Crippen LogP contribution in [-0.4, -0.2) is 10.1 Å². The number of pyridine rings is 1. The van der Waals surface area contributed by atoms with Crippen LogP contribution in [0.4, 0.5) is 0 Å². The summed E-state index contributed by atoms with van der Waals surface area (Å²) in [5.41, 5.74) is 1.96. The van der Waals surface area contributed by atoms with Gasteiger partial charge in [-0.2, -0.15) is 0 Å². The summed E-state index contributed by atoms with van der Waals surface area (Å²) in [6, 6.07) is 11.6. The molecule has 0 radical (unpaired) electrons. The van der Waals surface area contributed by atoms with Crippen LogP contribution < -0.4 is 4.74 Å². The minimum absolute atomic E-state index is 0.502. The lowest BCUT2D eigenvalue weighted by Crippen LogP contribution is -1.98. The molecule has 0 saturated heterocycles. The van der Waals surface area contributed by atoms with Gasteiger partial charge >= 0.3 is 0 Å². The summed E-state index contributed by atoms with van der Waals surface area (Å²) in [6.07, 6.45) is 2.82. The molecule has 0 unspecified atom stereocenters. The summed E-state index contributed by atoms with van der Waals surface area (Å²) >= 11 is 0. The van der Waals surface area contributed by atoms with Gasteiger partial charge in [-0.1, -0.05) is 26.0 Å². The molecule has 0 saturated carbocycles. The first kappa shape index (κ1) is 13.6. The lowest BCUT2D eigenvalue weighted by Gasteiger charge is -2.09. The molecule has 0 aliphatic heterocycles. The van der Waals surface area contributed by atoms with Crippen LogP contribution in [0.1, 0.15) is 37.6 Å². The van der Waals surface area contributed by atoms with Crippen molar-refractivity contribution in [3.8, 4) is 11.5 Å². The summed E-state index contributed by atoms with van der Waals surface area (Å²) in [5.74, 6) is 1.47. The van der Waals surface area contributed by atoms with Crippen molar-refractivity contribution in [2.75, 3.05) is 0 Å². The average Bonchev–Trinajstić information content (AvgIpc) is 2.48. The van der Waals surface area contributed by atoms with Crippen LogP contribution >= 0.6 is 0 Å². The molecule has 2 rings (SSSR count). The Labute approximate surface area is 113 Å². The van der Waals surface area contributed by atoms with Gasteiger partial charge in [0.15, 0.2) is 0 Å². The summed E-state index contributed by atoms with van der Waals surface area (Å²) < 4.78 is 5.70. The van der Waals surface area contributed by atoms with Gasteiger partial charge in [0.25, 0.3) is 0 Å². The van der Waals surface area contributed by atoms with Gasteiger partial charge in [0, 0.05) is 0 Å². The van der Waals surface area contributed by atoms with Gasteiger partial charge in [-0.05, 0) is 42.7 Å². The maximum Gasteiger partial charge on any atom is 0.145 e. The van der Waals surface area contributed by atoms with Crippen molar-refractivity contribution in [1.29, 1.82) is 0 Å². The van der Waals surface area contributed by atoms with E-state index in [1.54, 1.807) is 12.3 Å². The maximum absolute atomic E-state index is 9.66. The molecular weight excluding hydrogens is 238 g/mol. The minimum Gasteiger partial charge on any atom is -0.456 e. The number of hydrogen-bond donors (Lipinski definition) is 1. The number of nitrogens with zero attached hydrogens (tertiary/aromatic N) is 1. The second kappa shape index (κ2) is 6.34. The fourth-order valence-electron chi connectivity index (χ4n) is 1.79. The third-order valence-corrected chi connectivity index (χ3v) is 3.05. The van der Waals surface area contributed by atoms with Gasteiger partial charge < -0.3 is 9.84 Å². The van der Waals surface area contributed by atoms with Gasteiger partial charge in [0.05, 0.1) is 18.0 Å². The molecule has 1 N–H and O–H groups in total. The van der Waals surface area contributed by atoms with Crippen molar-refractivity contribution in [3.63, 3.8) is 0 Å². The smallest absolute Gasteiger partial charge is 0.145 e. The Morgan fingerprint density at radius 3 is 2.26 bits per heavy atom. The number of aryl methyl sites for hydroxylation is 1. The van der Waals surface area contributed by atoms with Crippen LogP contribution in [0.2, 0.25) is 0 Å². The third-order valence-electron chi connectivity index (χ3n) is 3.05. The Balaban J connectivity index is 2.06. The molecule has 3 heteroatoms. The van der Waals surface area contributed by atoms with Gasteiger partial charge in [0.2, 0.25) is 0 Å². The van der Waals surface area contributed by atoms with Gasteiger partial charge in [-0.3, -0.25) is 4.98 Å². The monoisotopic (exact) mass is 257 g/mol. The highest BCUT2D eigenvalue weighted by Gasteiger charge is 2.06. The molecule has 3 nitrogen and oxygen atoms in total. The van der Waals surface area contributed by atoms with Gasteiger partial charge in [0.1, 0.15) is 11.5 Å². The van der Waals surface area contributed by atoms with Gasteiger partial charge in [-0.25, -0.2) is 0 Å². The lowest BCUT2D eigenvalue weighted by molar-refractivity contribution is 0.169. The molecule has 0 fully saturated rings. The molecule has 1 aromatic carbocycles. The van der Waals surface area contributed by atoms with E-state index in [4.69, 9.17) is 4.74 Å². The van der Waals surface area contributed by atoms with E-state index in [1.807, 2.05) is 25.1 Å². The van der Waals surface area contributed by atoms with E-state index in [1.165, 1.54) is 5.56 Å². The molecule has 0 bridgehead atoms. The summed E-state index contributed by atoms with van der Waals surface area (Å²) in [5, 5.41) is 9.66. The quantitative estimate of drug-likeness (QED) is 0.883. The molecule has 0 spiro atoms. The second-order valence-corrected chi connectivity index (χ2v) is 4.44. The van der Waals surface area contributed by atoms with Crippen molar-refractivity contribution >= 4 is 0 Å². The predicted molar refractivity (Wildman–Crippen MR) is 75.4 cm³/mol. The zero-order valence-electron chi connectivity index (χ0n) is 11.3. The Kier molecular flexibility index (Phi) is 4.53. The summed E-state index contributed by atoms with van der Waals surface area (Å²) in [4.78, 5) is 4.20. The SMILES string of the molecule is CCc1ccc(Oc2ccc([C@@H](O)CC)nc2)cc1. The normalized spacial score (nSPS) is 12.2. The van der Waals surface area contributed by atoms with Crippen LogP contribution in [0.3, 0.4) is 0 Å². The molecule has 100 valence electrons. The number of hydrogen-bond acceptors (Lipinski definition) is 3. The summed E-state index contributed by atoms with van der Waals surface area (Å²) in [6.45, 7) is 4.05. The van der Waals surface area contributed by atoms with Crippen LogP contribution in [-0.2, 0) is 6.42 Å². The average molecular weight is 257 g/mol. The number of aliphatic hydroxyl groups is 1. The van der Waals surface area contributed by atoms with E-state index in [0.717, 1.165) is 12.2 Å². The number of ether oxygens (including phenoxy) is 1. The van der Waals surface area contributed by atoms with Crippen molar-refractivity contribution < 1.29 is 9.84 Å². The molecule has 19 heavy (non-hydrogen) atoms. The second-order valence-electron chi connectivity index (χ2n) is 4.44. The molecule has 1 heterocycles. The third kappa shape index (κ3) is 3.55. The van der Waals surface area contributed by atoms with Gasteiger partial charge in [-0.15, -0.1) is 0 Å². The van der Waals surface area contributed by atoms with Crippen molar-refractivity contribution in [3.05, 3.63) is 53.9 Å². The van der Waals surface area contributed by atoms with E-state index in [-0.39, 0.29) is 0 Å². The number of aromatic nitrogens is 1. The zero-order chi connectivity index (χ0) is 13.7. The Morgan fingerprint density at radius 2 is 1.74 bits per heavy atom. The topological polar surface area (TPSA) is 42.4 Å². The molecule has 0 aliphatic carbocycles. The molecular formula is C16H19NO2. The van der Waals surface area contributed by atoms with E-state index in [9.17, 15) is 5.11 Å². The molecule has 0 amide bonds. The van der Waals surface area contributed by atoms with Crippen LogP contribution in [0.25, 0.3) is 0 Å². The highest BCUT2D eigenvalue weighted by Crippen LogP contribution is 2.23. The standard InChI is InChI=1S/C16H19NO2/c1-3-12-5-7-13(8-6-12)19-14-9-10-15(17-11-14)16(18)4-2/h5-11,16,18H,3-4H2,1-2H3/t16-/m0/s1. The number of rotatable bonds is 5. The van der Waals surface area contributed by atoms with Crippen molar-refractivity contribution in [2.24, 2.45) is 0 Å².